The lowest BCUT2D eigenvalue weighted by Crippen LogP contribution is -2.00. The highest BCUT2D eigenvalue weighted by atomic mass is 14.2. The molecular weight excluding hydrogens is 198 g/mol. The Hall–Kier alpha value is -1.53. The van der Waals surface area contributed by atoms with Gasteiger partial charge in [0.15, 0.2) is 0 Å². The van der Waals surface area contributed by atoms with E-state index in [1.54, 1.807) is 0 Å². The fourth-order valence-electron chi connectivity index (χ4n) is 1.84. The average Bonchev–Trinajstić information content (AvgIpc) is 2.29. The van der Waals surface area contributed by atoms with Gasteiger partial charge in [-0.05, 0) is 44.4 Å². The Balaban J connectivity index is 3.73. The summed E-state index contributed by atoms with van der Waals surface area (Å²) in [5, 5.41) is 25.4. The zero-order chi connectivity index (χ0) is 12.1. The van der Waals surface area contributed by atoms with Gasteiger partial charge in [0.2, 0.25) is 0 Å². The lowest BCUT2D eigenvalue weighted by molar-refractivity contribution is 0.393. The molecule has 0 atom stereocenters. The lowest BCUT2D eigenvalue weighted by Gasteiger charge is -2.14. The summed E-state index contributed by atoms with van der Waals surface area (Å²) >= 11 is 0. The molecule has 0 amide bonds. The minimum atomic E-state index is 0.593. The molecule has 0 aliphatic rings. The summed E-state index contributed by atoms with van der Waals surface area (Å²) in [6.07, 6.45) is 7.87. The highest BCUT2D eigenvalue weighted by Gasteiger charge is 2.08. The Kier molecular flexibility index (Phi) is 10.4. The Bertz CT molecular complexity index is 229. The molecule has 0 saturated heterocycles. The molecule has 0 aliphatic carbocycles. The highest BCUT2D eigenvalue weighted by molar-refractivity contribution is 4.74. The van der Waals surface area contributed by atoms with E-state index < -0.39 is 0 Å². The summed E-state index contributed by atoms with van der Waals surface area (Å²) in [6.45, 7) is 0. The molecule has 0 unspecified atom stereocenters. The van der Waals surface area contributed by atoms with Gasteiger partial charge in [0.05, 0.1) is 18.2 Å². The van der Waals surface area contributed by atoms with Gasteiger partial charge in [-0.3, -0.25) is 0 Å². The van der Waals surface area contributed by atoms with Crippen LogP contribution in [0.2, 0.25) is 0 Å². The highest BCUT2D eigenvalue weighted by Crippen LogP contribution is 2.21. The van der Waals surface area contributed by atoms with E-state index >= 15 is 0 Å². The smallest absolute Gasteiger partial charge is 0.0621 e. The van der Waals surface area contributed by atoms with Crippen molar-refractivity contribution in [3.63, 3.8) is 0 Å². The number of hydrogen-bond acceptors (Lipinski definition) is 3. The molecule has 0 bridgehead atoms. The Labute approximate surface area is 98.3 Å². The third kappa shape index (κ3) is 9.04. The van der Waals surface area contributed by atoms with Crippen LogP contribution in [0.4, 0.5) is 0 Å². The minimum absolute atomic E-state index is 0.593. The molecule has 0 aromatic carbocycles. The first-order chi connectivity index (χ1) is 7.85. The standard InChI is InChI=1S/C13H19N3/c14-10-4-1-7-13(8-2-5-11-15)9-3-6-12-16/h13H,1-9H2. The average molecular weight is 217 g/mol. The lowest BCUT2D eigenvalue weighted by atomic mass is 9.91. The van der Waals surface area contributed by atoms with Crippen molar-refractivity contribution in [3.8, 4) is 18.2 Å². The fourth-order valence-corrected chi connectivity index (χ4v) is 1.84. The number of hydrogen-bond donors (Lipinski definition) is 0. The Morgan fingerprint density at radius 2 is 0.938 bits per heavy atom. The van der Waals surface area contributed by atoms with Crippen LogP contribution in [0.15, 0.2) is 0 Å². The molecule has 0 radical (unpaired) electrons. The number of nitrogens with zero attached hydrogens (tertiary/aromatic N) is 3. The Morgan fingerprint density at radius 3 is 1.19 bits per heavy atom. The van der Waals surface area contributed by atoms with Gasteiger partial charge < -0.3 is 0 Å². The summed E-state index contributed by atoms with van der Waals surface area (Å²) in [6, 6.07) is 6.46. The van der Waals surface area contributed by atoms with Crippen LogP contribution in [0.5, 0.6) is 0 Å². The Morgan fingerprint density at radius 1 is 0.625 bits per heavy atom. The molecule has 0 N–H and O–H groups in total. The summed E-state index contributed by atoms with van der Waals surface area (Å²) in [7, 11) is 0. The number of nitriles is 3. The topological polar surface area (TPSA) is 71.4 Å². The first-order valence-electron chi connectivity index (χ1n) is 5.96. The maximum absolute atomic E-state index is 8.47. The van der Waals surface area contributed by atoms with Gasteiger partial charge in [-0.1, -0.05) is 0 Å². The molecular formula is C13H19N3. The monoisotopic (exact) mass is 217 g/mol. The third-order valence-corrected chi connectivity index (χ3v) is 2.70. The second-order valence-electron chi connectivity index (χ2n) is 4.02. The van der Waals surface area contributed by atoms with Crippen LogP contribution in [0.1, 0.15) is 57.8 Å². The molecule has 0 aromatic rings. The fraction of sp³-hybridized carbons (Fsp3) is 0.769. The predicted molar refractivity (Wildman–Crippen MR) is 61.9 cm³/mol. The zero-order valence-electron chi connectivity index (χ0n) is 9.78. The zero-order valence-corrected chi connectivity index (χ0v) is 9.78. The summed E-state index contributed by atoms with van der Waals surface area (Å²) in [4.78, 5) is 0. The van der Waals surface area contributed by atoms with E-state index in [-0.39, 0.29) is 0 Å². The van der Waals surface area contributed by atoms with Crippen molar-refractivity contribution < 1.29 is 0 Å². The maximum atomic E-state index is 8.47. The van der Waals surface area contributed by atoms with Gasteiger partial charge in [-0.25, -0.2) is 0 Å². The van der Waals surface area contributed by atoms with Crippen LogP contribution in [0, 0.1) is 39.9 Å². The van der Waals surface area contributed by atoms with E-state index in [1.165, 1.54) is 0 Å². The largest absolute Gasteiger partial charge is 0.198 e. The van der Waals surface area contributed by atoms with Crippen LogP contribution in [0.3, 0.4) is 0 Å². The maximum Gasteiger partial charge on any atom is 0.0621 e. The molecule has 0 rings (SSSR count). The van der Waals surface area contributed by atoms with E-state index in [4.69, 9.17) is 15.8 Å². The van der Waals surface area contributed by atoms with Crippen molar-refractivity contribution in [1.29, 1.82) is 15.8 Å². The van der Waals surface area contributed by atoms with Crippen molar-refractivity contribution in [3.05, 3.63) is 0 Å². The van der Waals surface area contributed by atoms with Gasteiger partial charge in [0.1, 0.15) is 0 Å². The van der Waals surface area contributed by atoms with Crippen molar-refractivity contribution in [2.45, 2.75) is 57.8 Å². The first kappa shape index (κ1) is 14.5. The minimum Gasteiger partial charge on any atom is -0.198 e. The summed E-state index contributed by atoms with van der Waals surface area (Å²) in [5.41, 5.74) is 0. The van der Waals surface area contributed by atoms with Crippen LogP contribution >= 0.6 is 0 Å². The summed E-state index contributed by atoms with van der Waals surface area (Å²) < 4.78 is 0. The molecule has 3 heteroatoms. The molecule has 16 heavy (non-hydrogen) atoms. The van der Waals surface area contributed by atoms with Crippen LogP contribution in [-0.2, 0) is 0 Å². The van der Waals surface area contributed by atoms with E-state index in [1.807, 2.05) is 0 Å². The van der Waals surface area contributed by atoms with E-state index in [0.717, 1.165) is 38.5 Å². The molecule has 0 aromatic heterocycles. The second kappa shape index (κ2) is 11.5. The van der Waals surface area contributed by atoms with Gasteiger partial charge in [0.25, 0.3) is 0 Å². The van der Waals surface area contributed by atoms with Crippen LogP contribution in [-0.4, -0.2) is 0 Å². The van der Waals surface area contributed by atoms with Gasteiger partial charge in [0, 0.05) is 19.3 Å². The van der Waals surface area contributed by atoms with Crippen LogP contribution in [0.25, 0.3) is 0 Å². The molecule has 3 nitrogen and oxygen atoms in total. The molecule has 0 fully saturated rings. The van der Waals surface area contributed by atoms with E-state index in [9.17, 15) is 0 Å². The number of rotatable bonds is 9. The second-order valence-corrected chi connectivity index (χ2v) is 4.02. The van der Waals surface area contributed by atoms with Crippen molar-refractivity contribution >= 4 is 0 Å². The van der Waals surface area contributed by atoms with Gasteiger partial charge >= 0.3 is 0 Å². The molecule has 0 saturated carbocycles. The van der Waals surface area contributed by atoms with E-state index in [2.05, 4.69) is 18.2 Å². The molecule has 86 valence electrons. The first-order valence-corrected chi connectivity index (χ1v) is 5.96. The third-order valence-electron chi connectivity index (χ3n) is 2.70. The van der Waals surface area contributed by atoms with Crippen molar-refractivity contribution in [2.75, 3.05) is 0 Å². The molecule has 0 heterocycles. The SMILES string of the molecule is N#CCCCC(CCCC#N)CCCC#N. The van der Waals surface area contributed by atoms with Gasteiger partial charge in [-0.15, -0.1) is 0 Å². The molecule has 0 spiro atoms. The van der Waals surface area contributed by atoms with Crippen LogP contribution < -0.4 is 0 Å². The summed E-state index contributed by atoms with van der Waals surface area (Å²) in [5.74, 6) is 0.593. The normalized spacial score (nSPS) is 9.38. The van der Waals surface area contributed by atoms with E-state index in [0.29, 0.717) is 25.2 Å². The van der Waals surface area contributed by atoms with Crippen molar-refractivity contribution in [1.82, 2.24) is 0 Å². The van der Waals surface area contributed by atoms with Crippen molar-refractivity contribution in [2.24, 2.45) is 5.92 Å². The molecule has 0 aliphatic heterocycles. The predicted octanol–water partition coefficient (Wildman–Crippen LogP) is 3.68. The quantitative estimate of drug-likeness (QED) is 0.553. The number of unbranched alkanes of at least 4 members (excludes halogenated alkanes) is 3. The van der Waals surface area contributed by atoms with Gasteiger partial charge in [-0.2, -0.15) is 15.8 Å².